The van der Waals surface area contributed by atoms with E-state index in [9.17, 15) is 8.78 Å². The van der Waals surface area contributed by atoms with Gasteiger partial charge in [-0.05, 0) is 23.8 Å². The van der Waals surface area contributed by atoms with Crippen LogP contribution in [0.25, 0.3) is 0 Å². The number of nitrogens with one attached hydrogen (secondary N) is 1. The van der Waals surface area contributed by atoms with E-state index in [4.69, 9.17) is 0 Å². The number of hydrogen-bond donors (Lipinski definition) is 1. The SMILES string of the molecule is FC(F)C[C@@H](c1cc(Br)cc(Br)c1)N1CCNCC1. The molecule has 0 radical (unpaired) electrons. The number of rotatable bonds is 4. The highest BCUT2D eigenvalue weighted by Gasteiger charge is 2.25. The zero-order valence-corrected chi connectivity index (χ0v) is 13.6. The van der Waals surface area contributed by atoms with Gasteiger partial charge in [0.05, 0.1) is 0 Å². The second-order valence-corrected chi connectivity index (χ2v) is 6.46. The second kappa shape index (κ2) is 7.11. The number of alkyl halides is 2. The zero-order chi connectivity index (χ0) is 13.8. The van der Waals surface area contributed by atoms with Crippen molar-refractivity contribution < 1.29 is 8.78 Å². The summed E-state index contributed by atoms with van der Waals surface area (Å²) in [6, 6.07) is 5.55. The average molecular weight is 398 g/mol. The number of benzene rings is 1. The van der Waals surface area contributed by atoms with Crippen molar-refractivity contribution in [3.8, 4) is 0 Å². The highest BCUT2D eigenvalue weighted by Crippen LogP contribution is 2.31. The fourth-order valence-corrected chi connectivity index (χ4v) is 3.76. The molecule has 1 fully saturated rings. The first-order valence-electron chi connectivity index (χ1n) is 6.25. The number of hydrogen-bond acceptors (Lipinski definition) is 2. The Labute approximate surface area is 128 Å². The summed E-state index contributed by atoms with van der Waals surface area (Å²) in [7, 11) is 0. The molecule has 0 aromatic heterocycles. The molecule has 6 heteroatoms. The van der Waals surface area contributed by atoms with Gasteiger partial charge in [-0.3, -0.25) is 4.90 Å². The first-order chi connectivity index (χ1) is 9.06. The van der Waals surface area contributed by atoms with Gasteiger partial charge < -0.3 is 5.32 Å². The molecule has 1 aliphatic heterocycles. The molecule has 106 valence electrons. The van der Waals surface area contributed by atoms with Gasteiger partial charge in [0.2, 0.25) is 6.43 Å². The molecular weight excluding hydrogens is 382 g/mol. The predicted molar refractivity (Wildman–Crippen MR) is 79.6 cm³/mol. The van der Waals surface area contributed by atoms with Crippen LogP contribution in [0.5, 0.6) is 0 Å². The third-order valence-electron chi connectivity index (χ3n) is 3.26. The standard InChI is InChI=1S/C13H16Br2F2N2/c14-10-5-9(6-11(15)7-10)12(8-13(16)17)19-3-1-18-2-4-19/h5-7,12-13,18H,1-4,8H2/t12-/m0/s1. The van der Waals surface area contributed by atoms with Gasteiger partial charge in [0, 0.05) is 47.6 Å². The van der Waals surface area contributed by atoms with Crippen LogP contribution in [0.2, 0.25) is 0 Å². The summed E-state index contributed by atoms with van der Waals surface area (Å²) in [6.45, 7) is 3.33. The second-order valence-electron chi connectivity index (χ2n) is 4.63. The number of piperazine rings is 1. The minimum atomic E-state index is -2.29. The van der Waals surface area contributed by atoms with Crippen molar-refractivity contribution >= 4 is 31.9 Å². The molecule has 2 nitrogen and oxygen atoms in total. The molecule has 0 unspecified atom stereocenters. The topological polar surface area (TPSA) is 15.3 Å². The third-order valence-corrected chi connectivity index (χ3v) is 4.18. The largest absolute Gasteiger partial charge is 0.314 e. The maximum absolute atomic E-state index is 12.9. The first-order valence-corrected chi connectivity index (χ1v) is 7.84. The first kappa shape index (κ1) is 15.4. The van der Waals surface area contributed by atoms with Crippen molar-refractivity contribution in [2.24, 2.45) is 0 Å². The molecule has 1 aliphatic rings. The van der Waals surface area contributed by atoms with Crippen LogP contribution in [0.15, 0.2) is 27.1 Å². The Morgan fingerprint density at radius 3 is 2.21 bits per heavy atom. The summed E-state index contributed by atoms with van der Waals surface area (Å²) in [5.74, 6) is 0. The molecule has 0 amide bonds. The zero-order valence-electron chi connectivity index (χ0n) is 10.4. The van der Waals surface area contributed by atoms with E-state index in [2.05, 4.69) is 42.1 Å². The van der Waals surface area contributed by atoms with Crippen molar-refractivity contribution in [3.05, 3.63) is 32.7 Å². The number of halogens is 4. The normalized spacial score (nSPS) is 18.8. The minimum absolute atomic E-state index is 0.122. The average Bonchev–Trinajstić information content (AvgIpc) is 2.35. The molecule has 1 heterocycles. The van der Waals surface area contributed by atoms with Crippen LogP contribution in [0.3, 0.4) is 0 Å². The lowest BCUT2D eigenvalue weighted by molar-refractivity contribution is 0.0739. The van der Waals surface area contributed by atoms with Crippen LogP contribution in [0.1, 0.15) is 18.0 Å². The molecule has 1 aromatic carbocycles. The van der Waals surface area contributed by atoms with Crippen LogP contribution in [-0.2, 0) is 0 Å². The Morgan fingerprint density at radius 2 is 1.68 bits per heavy atom. The Balaban J connectivity index is 2.24. The molecule has 1 saturated heterocycles. The van der Waals surface area contributed by atoms with Crippen LogP contribution < -0.4 is 5.32 Å². The Kier molecular flexibility index (Phi) is 5.74. The molecule has 1 aromatic rings. The highest BCUT2D eigenvalue weighted by atomic mass is 79.9. The lowest BCUT2D eigenvalue weighted by atomic mass is 10.0. The van der Waals surface area contributed by atoms with E-state index >= 15 is 0 Å². The van der Waals surface area contributed by atoms with Crippen molar-refractivity contribution in [2.75, 3.05) is 26.2 Å². The van der Waals surface area contributed by atoms with Gasteiger partial charge in [0.1, 0.15) is 0 Å². The van der Waals surface area contributed by atoms with Gasteiger partial charge in [-0.2, -0.15) is 0 Å². The maximum atomic E-state index is 12.9. The summed E-state index contributed by atoms with van der Waals surface area (Å²) in [5.41, 5.74) is 0.934. The van der Waals surface area contributed by atoms with E-state index in [0.29, 0.717) is 0 Å². The van der Waals surface area contributed by atoms with Gasteiger partial charge in [-0.25, -0.2) is 8.78 Å². The van der Waals surface area contributed by atoms with Crippen molar-refractivity contribution in [1.29, 1.82) is 0 Å². The number of nitrogens with zero attached hydrogens (tertiary/aromatic N) is 1. The lowest BCUT2D eigenvalue weighted by Crippen LogP contribution is -2.45. The highest BCUT2D eigenvalue weighted by molar-refractivity contribution is 9.11. The smallest absolute Gasteiger partial charge is 0.240 e. The molecule has 2 rings (SSSR count). The minimum Gasteiger partial charge on any atom is -0.314 e. The predicted octanol–water partition coefficient (Wildman–Crippen LogP) is 3.81. The van der Waals surface area contributed by atoms with Crippen LogP contribution >= 0.6 is 31.9 Å². The summed E-state index contributed by atoms with van der Waals surface area (Å²) in [6.07, 6.45) is -2.42. The molecule has 0 aliphatic carbocycles. The van der Waals surface area contributed by atoms with Gasteiger partial charge in [0.25, 0.3) is 0 Å². The van der Waals surface area contributed by atoms with E-state index < -0.39 is 6.43 Å². The Hall–Kier alpha value is -0.0400. The van der Waals surface area contributed by atoms with Crippen LogP contribution in [0, 0.1) is 0 Å². The molecule has 19 heavy (non-hydrogen) atoms. The van der Waals surface area contributed by atoms with Crippen molar-refractivity contribution in [3.63, 3.8) is 0 Å². The van der Waals surface area contributed by atoms with Crippen molar-refractivity contribution in [1.82, 2.24) is 10.2 Å². The quantitative estimate of drug-likeness (QED) is 0.830. The van der Waals surface area contributed by atoms with E-state index in [1.54, 1.807) is 0 Å². The Bertz CT molecular complexity index is 403. The van der Waals surface area contributed by atoms with E-state index in [-0.39, 0.29) is 12.5 Å². The Morgan fingerprint density at radius 1 is 1.11 bits per heavy atom. The summed E-state index contributed by atoms with van der Waals surface area (Å²) in [5, 5.41) is 3.25. The van der Waals surface area contributed by atoms with Gasteiger partial charge in [-0.15, -0.1) is 0 Å². The fourth-order valence-electron chi connectivity index (χ4n) is 2.43. The fraction of sp³-hybridized carbons (Fsp3) is 0.538. The molecule has 1 N–H and O–H groups in total. The van der Waals surface area contributed by atoms with E-state index in [1.165, 1.54) is 0 Å². The molecule has 0 bridgehead atoms. The molecule has 0 spiro atoms. The lowest BCUT2D eigenvalue weighted by Gasteiger charge is -2.35. The summed E-state index contributed by atoms with van der Waals surface area (Å²) in [4.78, 5) is 2.14. The summed E-state index contributed by atoms with van der Waals surface area (Å²) < 4.78 is 27.5. The third kappa shape index (κ3) is 4.48. The molecule has 0 saturated carbocycles. The molecular formula is C13H16Br2F2N2. The molecule has 1 atom stereocenters. The summed E-state index contributed by atoms with van der Waals surface area (Å²) >= 11 is 6.85. The van der Waals surface area contributed by atoms with Gasteiger partial charge in [0.15, 0.2) is 0 Å². The van der Waals surface area contributed by atoms with Gasteiger partial charge >= 0.3 is 0 Å². The van der Waals surface area contributed by atoms with Gasteiger partial charge in [-0.1, -0.05) is 31.9 Å². The monoisotopic (exact) mass is 396 g/mol. The van der Waals surface area contributed by atoms with E-state index in [1.807, 2.05) is 18.2 Å². The van der Waals surface area contributed by atoms with Crippen LogP contribution in [0.4, 0.5) is 8.78 Å². The van der Waals surface area contributed by atoms with E-state index in [0.717, 1.165) is 40.7 Å². The van der Waals surface area contributed by atoms with Crippen LogP contribution in [-0.4, -0.2) is 37.5 Å². The maximum Gasteiger partial charge on any atom is 0.240 e. The van der Waals surface area contributed by atoms with Crippen molar-refractivity contribution in [2.45, 2.75) is 18.9 Å².